The molecule has 0 aliphatic carbocycles. The molecule has 4 heteroatoms. The second-order valence-electron chi connectivity index (χ2n) is 7.57. The van der Waals surface area contributed by atoms with Crippen molar-refractivity contribution in [2.45, 2.75) is 96.7 Å². The molecule has 1 N–H and O–H groups in total. The van der Waals surface area contributed by atoms with Gasteiger partial charge in [0.2, 0.25) is 0 Å². The fraction of sp³-hybridized carbons (Fsp3) is 0.708. The van der Waals surface area contributed by atoms with Gasteiger partial charge in [-0.1, -0.05) is 101 Å². The van der Waals surface area contributed by atoms with Gasteiger partial charge in [-0.3, -0.25) is 4.79 Å². The second kappa shape index (κ2) is 17.7. The molecule has 1 rings (SSSR count). The number of hydrogen-bond acceptors (Lipinski definition) is 4. The Bertz CT molecular complexity index is 475. The average molecular weight is 393 g/mol. The summed E-state index contributed by atoms with van der Waals surface area (Å²) in [5.41, 5.74) is 1.04. The molecule has 160 valence electrons. The highest BCUT2D eigenvalue weighted by Gasteiger charge is 2.12. The van der Waals surface area contributed by atoms with Crippen LogP contribution in [-0.2, 0) is 20.9 Å². The molecule has 0 spiro atoms. The first kappa shape index (κ1) is 24.6. The van der Waals surface area contributed by atoms with Crippen molar-refractivity contribution in [2.75, 3.05) is 13.2 Å². The summed E-state index contributed by atoms with van der Waals surface area (Å²) < 4.78 is 10.9. The molecule has 0 aliphatic heterocycles. The Labute approximate surface area is 171 Å². The van der Waals surface area contributed by atoms with E-state index in [1.807, 2.05) is 30.3 Å². The zero-order valence-corrected chi connectivity index (χ0v) is 17.7. The van der Waals surface area contributed by atoms with Gasteiger partial charge in [0.25, 0.3) is 0 Å². The van der Waals surface area contributed by atoms with Gasteiger partial charge in [-0.15, -0.1) is 0 Å². The van der Waals surface area contributed by atoms with E-state index < -0.39 is 6.10 Å². The van der Waals surface area contributed by atoms with Gasteiger partial charge in [0.05, 0.1) is 13.2 Å². The first-order valence-electron chi connectivity index (χ1n) is 11.2. The van der Waals surface area contributed by atoms with Crippen LogP contribution in [0.3, 0.4) is 0 Å². The lowest BCUT2D eigenvalue weighted by molar-refractivity contribution is -0.149. The Morgan fingerprint density at radius 3 is 2.04 bits per heavy atom. The molecule has 0 amide bonds. The summed E-state index contributed by atoms with van der Waals surface area (Å²) in [6.45, 7) is 2.61. The minimum atomic E-state index is -0.471. The van der Waals surface area contributed by atoms with E-state index in [1.165, 1.54) is 57.8 Å². The Morgan fingerprint density at radius 1 is 0.893 bits per heavy atom. The maximum Gasteiger partial charge on any atom is 0.305 e. The summed E-state index contributed by atoms with van der Waals surface area (Å²) in [5, 5.41) is 9.38. The quantitative estimate of drug-likeness (QED) is 0.253. The van der Waals surface area contributed by atoms with Gasteiger partial charge in [-0.2, -0.15) is 0 Å². The maximum absolute atomic E-state index is 11.8. The lowest BCUT2D eigenvalue weighted by atomic mass is 10.1. The molecule has 1 atom stereocenters. The first-order chi connectivity index (χ1) is 13.8. The van der Waals surface area contributed by atoms with Gasteiger partial charge in [0.15, 0.2) is 0 Å². The number of rotatable bonds is 18. The van der Waals surface area contributed by atoms with E-state index in [0.29, 0.717) is 13.0 Å². The smallest absolute Gasteiger partial charge is 0.305 e. The van der Waals surface area contributed by atoms with Crippen LogP contribution in [0.25, 0.3) is 0 Å². The van der Waals surface area contributed by atoms with Crippen LogP contribution in [0.1, 0.15) is 89.5 Å². The van der Waals surface area contributed by atoms with Gasteiger partial charge < -0.3 is 14.6 Å². The van der Waals surface area contributed by atoms with Gasteiger partial charge >= 0.3 is 5.97 Å². The van der Waals surface area contributed by atoms with E-state index in [9.17, 15) is 9.90 Å². The molecule has 4 nitrogen and oxygen atoms in total. The van der Waals surface area contributed by atoms with Crippen molar-refractivity contribution < 1.29 is 19.4 Å². The summed E-state index contributed by atoms with van der Waals surface area (Å²) >= 11 is 0. The molecule has 0 bridgehead atoms. The van der Waals surface area contributed by atoms with E-state index in [1.54, 1.807) is 0 Å². The molecule has 0 unspecified atom stereocenters. The lowest BCUT2D eigenvalue weighted by Gasteiger charge is -2.15. The van der Waals surface area contributed by atoms with Gasteiger partial charge in [-0.25, -0.2) is 0 Å². The van der Waals surface area contributed by atoms with E-state index >= 15 is 0 Å². The highest BCUT2D eigenvalue weighted by Crippen LogP contribution is 2.12. The van der Waals surface area contributed by atoms with Gasteiger partial charge in [0, 0.05) is 6.42 Å². The molecule has 0 heterocycles. The van der Waals surface area contributed by atoms with E-state index in [-0.39, 0.29) is 19.2 Å². The monoisotopic (exact) mass is 392 g/mol. The number of ether oxygens (including phenoxy) is 2. The minimum absolute atomic E-state index is 0.111. The van der Waals surface area contributed by atoms with Crippen molar-refractivity contribution in [2.24, 2.45) is 0 Å². The molecule has 0 saturated carbocycles. The Balaban J connectivity index is 1.95. The molecule has 0 aliphatic rings. The Kier molecular flexibility index (Phi) is 15.6. The van der Waals surface area contributed by atoms with Crippen LogP contribution in [-0.4, -0.2) is 30.4 Å². The molecular weight excluding hydrogens is 352 g/mol. The first-order valence-corrected chi connectivity index (χ1v) is 11.2. The van der Waals surface area contributed by atoms with E-state index in [2.05, 4.69) is 6.92 Å². The molecule has 0 radical (unpaired) electrons. The number of esters is 1. The molecule has 0 fully saturated rings. The van der Waals surface area contributed by atoms with Crippen molar-refractivity contribution >= 4 is 5.97 Å². The van der Waals surface area contributed by atoms with Crippen LogP contribution in [0, 0.1) is 0 Å². The zero-order chi connectivity index (χ0) is 20.3. The summed E-state index contributed by atoms with van der Waals surface area (Å²) in [7, 11) is 0. The normalized spacial score (nSPS) is 12.1. The summed E-state index contributed by atoms with van der Waals surface area (Å²) in [5.74, 6) is -0.197. The zero-order valence-electron chi connectivity index (χ0n) is 17.7. The molecule has 0 saturated heterocycles. The number of carbonyl (C=O) groups is 1. The third-order valence-electron chi connectivity index (χ3n) is 4.95. The second-order valence-corrected chi connectivity index (χ2v) is 7.57. The minimum Gasteiger partial charge on any atom is -0.463 e. The molecule has 1 aromatic rings. The predicted octanol–water partition coefficient (Wildman–Crippen LogP) is 5.81. The van der Waals surface area contributed by atoms with Crippen LogP contribution in [0.4, 0.5) is 0 Å². The van der Waals surface area contributed by atoms with Crippen LogP contribution < -0.4 is 0 Å². The van der Waals surface area contributed by atoms with Crippen LogP contribution >= 0.6 is 0 Å². The van der Waals surface area contributed by atoms with Crippen molar-refractivity contribution in [3.8, 4) is 0 Å². The third kappa shape index (κ3) is 13.7. The topological polar surface area (TPSA) is 55.8 Å². The fourth-order valence-electron chi connectivity index (χ4n) is 3.13. The number of benzene rings is 1. The number of unbranched alkanes of at least 4 members (excludes halogenated alkanes) is 10. The largest absolute Gasteiger partial charge is 0.463 e. The standard InChI is InChI=1S/C24H40O4/c1-2-3-4-5-6-7-8-9-10-11-15-18-24(26)28-21-23(19-25)27-20-22-16-13-12-14-17-22/h12-14,16-17,23,25H,2-11,15,18-21H2,1H3/t23-/m0/s1. The van der Waals surface area contributed by atoms with Crippen molar-refractivity contribution in [1.82, 2.24) is 0 Å². The van der Waals surface area contributed by atoms with Gasteiger partial charge in [-0.05, 0) is 12.0 Å². The lowest BCUT2D eigenvalue weighted by Crippen LogP contribution is -2.25. The molecule has 28 heavy (non-hydrogen) atoms. The van der Waals surface area contributed by atoms with Crippen LogP contribution in [0.2, 0.25) is 0 Å². The number of carbonyl (C=O) groups excluding carboxylic acids is 1. The highest BCUT2D eigenvalue weighted by molar-refractivity contribution is 5.69. The maximum atomic E-state index is 11.8. The molecular formula is C24H40O4. The van der Waals surface area contributed by atoms with Crippen LogP contribution in [0.15, 0.2) is 30.3 Å². The van der Waals surface area contributed by atoms with Crippen molar-refractivity contribution in [3.63, 3.8) is 0 Å². The van der Waals surface area contributed by atoms with Crippen molar-refractivity contribution in [3.05, 3.63) is 35.9 Å². The van der Waals surface area contributed by atoms with Crippen LogP contribution in [0.5, 0.6) is 0 Å². The van der Waals surface area contributed by atoms with Crippen molar-refractivity contribution in [1.29, 1.82) is 0 Å². The number of aliphatic hydroxyl groups is 1. The Morgan fingerprint density at radius 2 is 1.46 bits per heavy atom. The summed E-state index contributed by atoms with van der Waals surface area (Å²) in [6.07, 6.45) is 13.9. The molecule has 0 aromatic heterocycles. The summed E-state index contributed by atoms with van der Waals surface area (Å²) in [4.78, 5) is 11.8. The molecule has 1 aromatic carbocycles. The average Bonchev–Trinajstić information content (AvgIpc) is 2.73. The number of hydrogen-bond donors (Lipinski definition) is 1. The van der Waals surface area contributed by atoms with E-state index in [4.69, 9.17) is 9.47 Å². The van der Waals surface area contributed by atoms with E-state index in [0.717, 1.165) is 18.4 Å². The predicted molar refractivity (Wildman–Crippen MR) is 114 cm³/mol. The highest BCUT2D eigenvalue weighted by atomic mass is 16.6. The number of aliphatic hydroxyl groups excluding tert-OH is 1. The van der Waals surface area contributed by atoms with Gasteiger partial charge in [0.1, 0.15) is 12.7 Å². The third-order valence-corrected chi connectivity index (χ3v) is 4.95. The SMILES string of the molecule is CCCCCCCCCCCCCC(=O)OC[C@H](CO)OCc1ccccc1. The Hall–Kier alpha value is -1.39. The fourth-order valence-corrected chi connectivity index (χ4v) is 3.13. The summed E-state index contributed by atoms with van der Waals surface area (Å²) in [6, 6.07) is 9.77.